The molecule has 0 unspecified atom stereocenters. The lowest BCUT2D eigenvalue weighted by molar-refractivity contribution is -0.115. The summed E-state index contributed by atoms with van der Waals surface area (Å²) in [5, 5.41) is 6.11. The summed E-state index contributed by atoms with van der Waals surface area (Å²) in [7, 11) is 0. The highest BCUT2D eigenvalue weighted by Crippen LogP contribution is 2.20. The molecule has 1 heterocycles. The van der Waals surface area contributed by atoms with Gasteiger partial charge in [0.25, 0.3) is 0 Å². The summed E-state index contributed by atoms with van der Waals surface area (Å²) in [6.07, 6.45) is 1.39. The number of hydrogen-bond donors (Lipinski definition) is 2. The molecule has 2 amide bonds. The molecule has 0 aliphatic carbocycles. The monoisotopic (exact) mass is 383 g/mol. The van der Waals surface area contributed by atoms with E-state index in [1.165, 1.54) is 0 Å². The first-order valence-corrected chi connectivity index (χ1v) is 8.59. The molecular weight excluding hydrogens is 362 g/mol. The van der Waals surface area contributed by atoms with Crippen molar-refractivity contribution in [3.05, 3.63) is 28.7 Å². The molecule has 0 spiro atoms. The van der Waals surface area contributed by atoms with E-state index in [1.807, 2.05) is 24.3 Å². The topological polar surface area (TPSA) is 70.7 Å². The number of rotatable bonds is 5. The Balaban J connectivity index is 1.70. The molecule has 1 aromatic rings. The Kier molecular flexibility index (Phi) is 6.85. The van der Waals surface area contributed by atoms with Gasteiger partial charge in [-0.1, -0.05) is 12.1 Å². The van der Waals surface area contributed by atoms with Gasteiger partial charge in [0.05, 0.1) is 18.8 Å². The van der Waals surface area contributed by atoms with Crippen LogP contribution < -0.4 is 10.6 Å². The molecule has 126 valence electrons. The van der Waals surface area contributed by atoms with Crippen LogP contribution in [0.3, 0.4) is 0 Å². The first-order valence-electron chi connectivity index (χ1n) is 7.79. The van der Waals surface area contributed by atoms with E-state index in [1.54, 1.807) is 11.8 Å². The van der Waals surface area contributed by atoms with Crippen LogP contribution >= 0.6 is 15.9 Å². The molecule has 1 saturated heterocycles. The summed E-state index contributed by atoms with van der Waals surface area (Å²) in [4.78, 5) is 25.3. The maximum Gasteiger partial charge on any atom is 0.409 e. The number of nitrogens with one attached hydrogen (secondary N) is 2. The average molecular weight is 384 g/mol. The fourth-order valence-electron chi connectivity index (χ4n) is 2.47. The third-order valence-corrected chi connectivity index (χ3v) is 4.41. The molecule has 0 saturated carbocycles. The Morgan fingerprint density at radius 1 is 1.30 bits per heavy atom. The molecule has 6 nitrogen and oxygen atoms in total. The van der Waals surface area contributed by atoms with E-state index in [9.17, 15) is 9.59 Å². The zero-order valence-corrected chi connectivity index (χ0v) is 14.8. The minimum Gasteiger partial charge on any atom is -0.450 e. The Morgan fingerprint density at radius 3 is 2.65 bits per heavy atom. The highest BCUT2D eigenvalue weighted by molar-refractivity contribution is 9.10. The van der Waals surface area contributed by atoms with Crippen LogP contribution in [0.4, 0.5) is 10.5 Å². The van der Waals surface area contributed by atoms with Crippen molar-refractivity contribution in [3.8, 4) is 0 Å². The van der Waals surface area contributed by atoms with Crippen molar-refractivity contribution < 1.29 is 14.3 Å². The van der Waals surface area contributed by atoms with E-state index in [0.29, 0.717) is 19.7 Å². The molecule has 7 heteroatoms. The zero-order chi connectivity index (χ0) is 16.7. The first kappa shape index (κ1) is 17.7. The number of para-hydroxylation sites is 1. The molecule has 2 N–H and O–H groups in total. The Hall–Kier alpha value is -1.60. The molecule has 1 aliphatic rings. The minimum atomic E-state index is -0.252. The van der Waals surface area contributed by atoms with Crippen molar-refractivity contribution in [2.75, 3.05) is 31.6 Å². The number of hydrogen-bond acceptors (Lipinski definition) is 4. The largest absolute Gasteiger partial charge is 0.450 e. The van der Waals surface area contributed by atoms with Crippen molar-refractivity contribution in [1.29, 1.82) is 0 Å². The van der Waals surface area contributed by atoms with Crippen molar-refractivity contribution in [2.45, 2.75) is 25.8 Å². The van der Waals surface area contributed by atoms with Crippen molar-refractivity contribution in [2.24, 2.45) is 0 Å². The summed E-state index contributed by atoms with van der Waals surface area (Å²) in [5.41, 5.74) is 0.761. The SMILES string of the molecule is CCOC(=O)N1CCC(NCC(=O)Nc2ccccc2Br)CC1. The van der Waals surface area contributed by atoms with Gasteiger partial charge >= 0.3 is 6.09 Å². The van der Waals surface area contributed by atoms with Crippen LogP contribution in [0.5, 0.6) is 0 Å². The smallest absolute Gasteiger partial charge is 0.409 e. The van der Waals surface area contributed by atoms with Crippen LogP contribution in [0.1, 0.15) is 19.8 Å². The van der Waals surface area contributed by atoms with Crippen LogP contribution in [0.25, 0.3) is 0 Å². The Labute approximate surface area is 144 Å². The van der Waals surface area contributed by atoms with Gasteiger partial charge < -0.3 is 20.3 Å². The number of carbonyl (C=O) groups excluding carboxylic acids is 2. The maximum atomic E-state index is 12.0. The molecule has 1 fully saturated rings. The predicted molar refractivity (Wildman–Crippen MR) is 92.4 cm³/mol. The number of nitrogens with zero attached hydrogens (tertiary/aromatic N) is 1. The number of benzene rings is 1. The number of carbonyl (C=O) groups is 2. The van der Waals surface area contributed by atoms with Crippen molar-refractivity contribution >= 4 is 33.6 Å². The van der Waals surface area contributed by atoms with Gasteiger partial charge in [0, 0.05) is 23.6 Å². The van der Waals surface area contributed by atoms with E-state index in [-0.39, 0.29) is 24.6 Å². The van der Waals surface area contributed by atoms with E-state index in [4.69, 9.17) is 4.74 Å². The van der Waals surface area contributed by atoms with Crippen LogP contribution in [0.15, 0.2) is 28.7 Å². The van der Waals surface area contributed by atoms with E-state index < -0.39 is 0 Å². The number of likely N-dealkylation sites (tertiary alicyclic amines) is 1. The molecule has 0 aromatic heterocycles. The second kappa shape index (κ2) is 8.88. The average Bonchev–Trinajstić information content (AvgIpc) is 2.56. The third-order valence-electron chi connectivity index (χ3n) is 3.72. The number of halogens is 1. The van der Waals surface area contributed by atoms with Gasteiger partial charge in [-0.2, -0.15) is 0 Å². The highest BCUT2D eigenvalue weighted by Gasteiger charge is 2.23. The lowest BCUT2D eigenvalue weighted by Crippen LogP contribution is -2.46. The molecule has 1 aliphatic heterocycles. The van der Waals surface area contributed by atoms with Gasteiger partial charge in [0.15, 0.2) is 0 Å². The summed E-state index contributed by atoms with van der Waals surface area (Å²) in [6, 6.07) is 7.74. The number of anilines is 1. The van der Waals surface area contributed by atoms with E-state index >= 15 is 0 Å². The summed E-state index contributed by atoms with van der Waals surface area (Å²) < 4.78 is 5.85. The standard InChI is InChI=1S/C16H22BrN3O3/c1-2-23-16(22)20-9-7-12(8-10-20)18-11-15(21)19-14-6-4-3-5-13(14)17/h3-6,12,18H,2,7-11H2,1H3,(H,19,21). The van der Waals surface area contributed by atoms with Gasteiger partial charge in [-0.25, -0.2) is 4.79 Å². The first-order chi connectivity index (χ1) is 11.1. The molecular formula is C16H22BrN3O3. The van der Waals surface area contributed by atoms with Crippen LogP contribution in [0.2, 0.25) is 0 Å². The molecule has 0 bridgehead atoms. The molecule has 0 atom stereocenters. The fourth-order valence-corrected chi connectivity index (χ4v) is 2.86. The van der Waals surface area contributed by atoms with Crippen molar-refractivity contribution in [3.63, 3.8) is 0 Å². The van der Waals surface area contributed by atoms with E-state index in [0.717, 1.165) is 23.0 Å². The van der Waals surface area contributed by atoms with Gasteiger partial charge in [0.1, 0.15) is 0 Å². The maximum absolute atomic E-state index is 12.0. The van der Waals surface area contributed by atoms with Gasteiger partial charge in [0.2, 0.25) is 5.91 Å². The van der Waals surface area contributed by atoms with E-state index in [2.05, 4.69) is 26.6 Å². The van der Waals surface area contributed by atoms with Gasteiger partial charge in [-0.3, -0.25) is 4.79 Å². The summed E-state index contributed by atoms with van der Waals surface area (Å²) in [6.45, 7) is 3.76. The molecule has 2 rings (SSSR count). The Bertz CT molecular complexity index is 545. The number of piperidine rings is 1. The number of ether oxygens (including phenoxy) is 1. The van der Waals surface area contributed by atoms with Crippen LogP contribution in [-0.4, -0.2) is 49.2 Å². The van der Waals surface area contributed by atoms with Crippen LogP contribution in [-0.2, 0) is 9.53 Å². The molecule has 23 heavy (non-hydrogen) atoms. The molecule has 1 aromatic carbocycles. The van der Waals surface area contributed by atoms with Crippen molar-refractivity contribution in [1.82, 2.24) is 10.2 Å². The highest BCUT2D eigenvalue weighted by atomic mass is 79.9. The quantitative estimate of drug-likeness (QED) is 0.819. The summed E-state index contributed by atoms with van der Waals surface area (Å²) in [5.74, 6) is -0.0790. The summed E-state index contributed by atoms with van der Waals surface area (Å²) >= 11 is 3.40. The zero-order valence-electron chi connectivity index (χ0n) is 13.2. The Morgan fingerprint density at radius 2 is 2.00 bits per heavy atom. The lowest BCUT2D eigenvalue weighted by Gasteiger charge is -2.31. The minimum absolute atomic E-state index is 0.0790. The lowest BCUT2D eigenvalue weighted by atomic mass is 10.1. The second-order valence-corrected chi connectivity index (χ2v) is 6.22. The predicted octanol–water partition coefficient (Wildman–Crippen LogP) is 2.60. The number of amides is 2. The van der Waals surface area contributed by atoms with Crippen LogP contribution in [0, 0.1) is 0 Å². The third kappa shape index (κ3) is 5.51. The molecule has 0 radical (unpaired) electrons. The van der Waals surface area contributed by atoms with Gasteiger partial charge in [-0.05, 0) is 47.8 Å². The normalized spacial score (nSPS) is 15.3. The fraction of sp³-hybridized carbons (Fsp3) is 0.500. The second-order valence-electron chi connectivity index (χ2n) is 5.37. The van der Waals surface area contributed by atoms with Gasteiger partial charge in [-0.15, -0.1) is 0 Å².